The number of hydrogen-bond acceptors (Lipinski definition) is 10. The molecule has 0 saturated carbocycles. The van der Waals surface area contributed by atoms with Crippen LogP contribution >= 0.6 is 0 Å². The van der Waals surface area contributed by atoms with Gasteiger partial charge in [-0.3, -0.25) is 24.1 Å². The first-order chi connectivity index (χ1) is 32.3. The Morgan fingerprint density at radius 2 is 0.667 bits per heavy atom. The number of rotatable bonds is 46. The van der Waals surface area contributed by atoms with Crippen LogP contribution in [0.25, 0.3) is 0 Å². The summed E-state index contributed by atoms with van der Waals surface area (Å²) in [7, 11) is 0. The molecule has 1 heterocycles. The van der Waals surface area contributed by atoms with Crippen LogP contribution < -0.4 is 0 Å². The summed E-state index contributed by atoms with van der Waals surface area (Å²) in [6.07, 6.45) is 45.3. The van der Waals surface area contributed by atoms with Gasteiger partial charge >= 0.3 is 23.9 Å². The molecule has 0 aliphatic carbocycles. The molecule has 1 rings (SSSR count). The van der Waals surface area contributed by atoms with Gasteiger partial charge in [0, 0.05) is 38.8 Å². The molecule has 1 fully saturated rings. The van der Waals surface area contributed by atoms with Crippen LogP contribution in [-0.2, 0) is 42.9 Å². The van der Waals surface area contributed by atoms with E-state index in [2.05, 4.69) is 62.1 Å². The normalized spacial score (nSPS) is 13.6. The highest BCUT2D eigenvalue weighted by molar-refractivity contribution is 5.71. The van der Waals surface area contributed by atoms with Crippen LogP contribution in [0.3, 0.4) is 0 Å². The molecule has 0 amide bonds. The predicted molar refractivity (Wildman–Crippen MR) is 270 cm³/mol. The van der Waals surface area contributed by atoms with E-state index in [1.807, 2.05) is 0 Å². The Morgan fingerprint density at radius 3 is 0.985 bits per heavy atom. The minimum atomic E-state index is -1.23. The minimum absolute atomic E-state index is 0.194. The van der Waals surface area contributed by atoms with Crippen molar-refractivity contribution in [3.8, 4) is 0 Å². The summed E-state index contributed by atoms with van der Waals surface area (Å²) in [4.78, 5) is 54.9. The molecule has 1 aliphatic rings. The fraction of sp³-hybridized carbons (Fsp3) is 0.821. The van der Waals surface area contributed by atoms with E-state index < -0.39 is 5.41 Å². The zero-order valence-electron chi connectivity index (χ0n) is 42.8. The van der Waals surface area contributed by atoms with Gasteiger partial charge in [-0.15, -0.1) is 0 Å². The smallest absolute Gasteiger partial charge is 0.305 e. The van der Waals surface area contributed by atoms with Gasteiger partial charge in [-0.2, -0.15) is 0 Å². The number of carbonyl (C=O) groups is 4. The summed E-state index contributed by atoms with van der Waals surface area (Å²) in [5.74, 6) is -1.47. The zero-order valence-corrected chi connectivity index (χ0v) is 42.8. The lowest BCUT2D eigenvalue weighted by Gasteiger charge is -2.31. The highest BCUT2D eigenvalue weighted by Gasteiger charge is 2.38. The Balaban J connectivity index is 2.86. The largest absolute Gasteiger partial charge is 0.465 e. The SMILES string of the molecule is CCCC/C=C\CCCCCCCC(=O)OCC(COC(=O)CCCCCCC/C=C\CCCC)(COC(=O)CCCCCCC/C=C\CCCC)COC(=O)CCCCN1CCOCC1. The topological polar surface area (TPSA) is 118 Å². The maximum atomic E-state index is 13.2. The highest BCUT2D eigenvalue weighted by atomic mass is 16.6. The molecule has 0 N–H and O–H groups in total. The van der Waals surface area contributed by atoms with E-state index in [0.717, 1.165) is 155 Å². The third kappa shape index (κ3) is 39.1. The second-order valence-electron chi connectivity index (χ2n) is 18.8. The Kier molecular flexibility index (Phi) is 42.3. The van der Waals surface area contributed by atoms with Crippen molar-refractivity contribution in [3.63, 3.8) is 0 Å². The van der Waals surface area contributed by atoms with Crippen molar-refractivity contribution < 1.29 is 42.9 Å². The lowest BCUT2D eigenvalue weighted by molar-refractivity contribution is -0.170. The van der Waals surface area contributed by atoms with Gasteiger partial charge in [-0.05, 0) is 96.4 Å². The predicted octanol–water partition coefficient (Wildman–Crippen LogP) is 14.1. The molecule has 10 nitrogen and oxygen atoms in total. The molecule has 1 saturated heterocycles. The van der Waals surface area contributed by atoms with E-state index in [0.29, 0.717) is 25.7 Å². The molecule has 0 aromatic rings. The van der Waals surface area contributed by atoms with Crippen LogP contribution in [0.2, 0.25) is 0 Å². The van der Waals surface area contributed by atoms with Gasteiger partial charge in [0.2, 0.25) is 0 Å². The lowest BCUT2D eigenvalue weighted by atomic mass is 9.92. The zero-order chi connectivity index (χ0) is 47.9. The molecule has 0 radical (unpaired) electrons. The summed E-state index contributed by atoms with van der Waals surface area (Å²) in [5, 5.41) is 0. The average molecular weight is 930 g/mol. The van der Waals surface area contributed by atoms with Crippen molar-refractivity contribution >= 4 is 23.9 Å². The molecule has 382 valence electrons. The summed E-state index contributed by atoms with van der Waals surface area (Å²) < 4.78 is 28.9. The molecule has 0 aromatic carbocycles. The number of carbonyl (C=O) groups excluding carboxylic acids is 4. The van der Waals surface area contributed by atoms with Crippen molar-refractivity contribution in [1.82, 2.24) is 4.90 Å². The third-order valence-electron chi connectivity index (χ3n) is 12.3. The summed E-state index contributed by atoms with van der Waals surface area (Å²) in [6.45, 7) is 10.0. The Hall–Kier alpha value is -2.98. The standard InChI is InChI=1S/C56H99NO9/c1-4-7-10-13-16-19-22-25-28-31-34-39-52(58)63-48-56(51-66-55(61)42-37-38-43-57-44-46-62-47-45-57,49-64-53(59)40-35-32-29-26-23-20-17-14-11-8-5-2)50-65-54(60)41-36-33-30-27-24-21-18-15-12-9-6-3/h13-18H,4-12,19-51H2,1-3H3/b16-13-,17-14-,18-15-. The van der Waals surface area contributed by atoms with Gasteiger partial charge in [0.25, 0.3) is 0 Å². The van der Waals surface area contributed by atoms with Gasteiger partial charge in [0.05, 0.1) is 13.2 Å². The van der Waals surface area contributed by atoms with Crippen LogP contribution in [0.5, 0.6) is 0 Å². The molecule has 0 spiro atoms. The molecule has 66 heavy (non-hydrogen) atoms. The van der Waals surface area contributed by atoms with Crippen molar-refractivity contribution in [2.45, 2.75) is 233 Å². The fourth-order valence-corrected chi connectivity index (χ4v) is 7.76. The molecule has 0 aromatic heterocycles. The molecule has 1 aliphatic heterocycles. The maximum absolute atomic E-state index is 13.2. The van der Waals surface area contributed by atoms with E-state index in [4.69, 9.17) is 23.7 Å². The lowest BCUT2D eigenvalue weighted by Crippen LogP contribution is -2.44. The molecule has 0 bridgehead atoms. The summed E-state index contributed by atoms with van der Waals surface area (Å²) >= 11 is 0. The van der Waals surface area contributed by atoms with E-state index in [1.165, 1.54) is 38.5 Å². The van der Waals surface area contributed by atoms with Crippen molar-refractivity contribution in [2.24, 2.45) is 5.41 Å². The summed E-state index contributed by atoms with van der Waals surface area (Å²) in [6, 6.07) is 0. The van der Waals surface area contributed by atoms with Gasteiger partial charge in [0.15, 0.2) is 0 Å². The minimum Gasteiger partial charge on any atom is -0.465 e. The van der Waals surface area contributed by atoms with Gasteiger partial charge in [0.1, 0.15) is 31.8 Å². The number of nitrogens with zero attached hydrogens (tertiary/aromatic N) is 1. The Labute approximate surface area is 404 Å². The maximum Gasteiger partial charge on any atom is 0.305 e. The molecular formula is C56H99NO9. The van der Waals surface area contributed by atoms with Crippen molar-refractivity contribution in [3.05, 3.63) is 36.5 Å². The summed E-state index contributed by atoms with van der Waals surface area (Å²) in [5.41, 5.74) is -1.23. The molecular weight excluding hydrogens is 831 g/mol. The molecule has 10 heteroatoms. The second kappa shape index (κ2) is 45.8. The quantitative estimate of drug-likeness (QED) is 0.0253. The molecule has 0 atom stereocenters. The van der Waals surface area contributed by atoms with Gasteiger partial charge < -0.3 is 23.7 Å². The number of allylic oxidation sites excluding steroid dienone is 6. The van der Waals surface area contributed by atoms with Gasteiger partial charge in [-0.1, -0.05) is 154 Å². The monoisotopic (exact) mass is 930 g/mol. The van der Waals surface area contributed by atoms with E-state index in [1.54, 1.807) is 0 Å². The van der Waals surface area contributed by atoms with Crippen molar-refractivity contribution in [1.29, 1.82) is 0 Å². The average Bonchev–Trinajstić information content (AvgIpc) is 3.33. The van der Waals surface area contributed by atoms with Crippen LogP contribution in [-0.4, -0.2) is 88.1 Å². The number of ether oxygens (including phenoxy) is 5. The van der Waals surface area contributed by atoms with E-state index >= 15 is 0 Å². The number of unbranched alkanes of at least 4 members (excludes halogenated alkanes) is 22. The molecule has 0 unspecified atom stereocenters. The van der Waals surface area contributed by atoms with E-state index in [9.17, 15) is 19.2 Å². The first kappa shape index (κ1) is 61.0. The first-order valence-corrected chi connectivity index (χ1v) is 27.2. The van der Waals surface area contributed by atoms with Crippen molar-refractivity contribution in [2.75, 3.05) is 59.3 Å². The Morgan fingerprint density at radius 1 is 0.394 bits per heavy atom. The van der Waals surface area contributed by atoms with Crippen LogP contribution in [0, 0.1) is 5.41 Å². The third-order valence-corrected chi connectivity index (χ3v) is 12.3. The first-order valence-electron chi connectivity index (χ1n) is 27.2. The number of morpholine rings is 1. The highest BCUT2D eigenvalue weighted by Crippen LogP contribution is 2.24. The van der Waals surface area contributed by atoms with Gasteiger partial charge in [-0.25, -0.2) is 0 Å². The van der Waals surface area contributed by atoms with E-state index in [-0.39, 0.29) is 76.0 Å². The van der Waals surface area contributed by atoms with Crippen LogP contribution in [0.1, 0.15) is 233 Å². The fourth-order valence-electron chi connectivity index (χ4n) is 7.76. The van der Waals surface area contributed by atoms with Crippen LogP contribution in [0.15, 0.2) is 36.5 Å². The van der Waals surface area contributed by atoms with Crippen LogP contribution in [0.4, 0.5) is 0 Å². The second-order valence-corrected chi connectivity index (χ2v) is 18.8. The number of esters is 4. The number of hydrogen-bond donors (Lipinski definition) is 0. The Bertz CT molecular complexity index is 1140.